The largest absolute Gasteiger partial charge is 0.493 e. The number of fused-ring (bicyclic) bond motifs is 2. The van der Waals surface area contributed by atoms with Gasteiger partial charge in [0, 0.05) is 5.56 Å². The lowest BCUT2D eigenvalue weighted by Crippen LogP contribution is -2.17. The van der Waals surface area contributed by atoms with Crippen LogP contribution in [0.5, 0.6) is 23.0 Å². The van der Waals surface area contributed by atoms with E-state index in [2.05, 4.69) is 10.5 Å². The highest BCUT2D eigenvalue weighted by molar-refractivity contribution is 6.05. The summed E-state index contributed by atoms with van der Waals surface area (Å²) in [7, 11) is 1.48. The molecule has 0 spiro atoms. The Balaban J connectivity index is 1.28. The number of benzene rings is 4. The summed E-state index contributed by atoms with van der Waals surface area (Å²) in [6, 6.07) is 22.9. The van der Waals surface area contributed by atoms with Gasteiger partial charge in [0.2, 0.25) is 6.79 Å². The Labute approximate surface area is 200 Å². The molecule has 1 aliphatic rings. The number of rotatable bonds is 6. The van der Waals surface area contributed by atoms with E-state index >= 15 is 0 Å². The molecule has 1 N–H and O–H groups in total. The molecular formula is C27H20N2O6. The van der Waals surface area contributed by atoms with Crippen molar-refractivity contribution in [3.63, 3.8) is 0 Å². The first-order valence-electron chi connectivity index (χ1n) is 10.7. The Kier molecular flexibility index (Phi) is 6.00. The van der Waals surface area contributed by atoms with E-state index in [-0.39, 0.29) is 12.5 Å². The van der Waals surface area contributed by atoms with Crippen molar-refractivity contribution < 1.29 is 28.5 Å². The molecule has 0 atom stereocenters. The number of amides is 1. The van der Waals surface area contributed by atoms with E-state index in [1.54, 1.807) is 42.5 Å². The lowest BCUT2D eigenvalue weighted by Gasteiger charge is -2.11. The number of methoxy groups -OCH3 is 1. The normalized spacial score (nSPS) is 12.0. The van der Waals surface area contributed by atoms with Crippen LogP contribution < -0.4 is 24.4 Å². The van der Waals surface area contributed by atoms with Gasteiger partial charge >= 0.3 is 5.97 Å². The van der Waals surface area contributed by atoms with E-state index in [4.69, 9.17) is 18.9 Å². The van der Waals surface area contributed by atoms with E-state index in [0.29, 0.717) is 33.9 Å². The standard InChI is InChI=1S/C27H20N2O6/c1-32-24-13-17(15-28-29-26(30)19-10-12-22-25(14-19)34-16-33-22)9-11-23(24)35-27(31)21-8-4-6-18-5-2-3-7-20(18)21/h2-15H,16H2,1H3,(H,29,30)/b28-15-. The van der Waals surface area contributed by atoms with Crippen LogP contribution in [0.2, 0.25) is 0 Å². The zero-order chi connectivity index (χ0) is 24.2. The summed E-state index contributed by atoms with van der Waals surface area (Å²) in [6.07, 6.45) is 1.46. The fourth-order valence-corrected chi connectivity index (χ4v) is 3.67. The number of hydrogen-bond acceptors (Lipinski definition) is 7. The summed E-state index contributed by atoms with van der Waals surface area (Å²) in [4.78, 5) is 25.2. The molecule has 0 bridgehead atoms. The molecule has 8 heteroatoms. The first kappa shape index (κ1) is 22.0. The third-order valence-corrected chi connectivity index (χ3v) is 5.41. The number of nitrogens with zero attached hydrogens (tertiary/aromatic N) is 1. The lowest BCUT2D eigenvalue weighted by molar-refractivity contribution is 0.0731. The molecule has 4 aromatic rings. The van der Waals surface area contributed by atoms with Gasteiger partial charge in [-0.25, -0.2) is 10.2 Å². The smallest absolute Gasteiger partial charge is 0.344 e. The monoisotopic (exact) mass is 468 g/mol. The van der Waals surface area contributed by atoms with Gasteiger partial charge in [-0.3, -0.25) is 4.79 Å². The van der Waals surface area contributed by atoms with E-state index in [9.17, 15) is 9.59 Å². The number of esters is 1. The molecular weight excluding hydrogens is 448 g/mol. The fraction of sp³-hybridized carbons (Fsp3) is 0.0741. The Morgan fingerprint density at radius 3 is 2.63 bits per heavy atom. The van der Waals surface area contributed by atoms with Crippen LogP contribution in [0.1, 0.15) is 26.3 Å². The summed E-state index contributed by atoms with van der Waals surface area (Å²) >= 11 is 0. The van der Waals surface area contributed by atoms with Gasteiger partial charge in [0.1, 0.15) is 0 Å². The molecule has 5 rings (SSSR count). The van der Waals surface area contributed by atoms with Crippen molar-refractivity contribution in [3.8, 4) is 23.0 Å². The molecule has 174 valence electrons. The van der Waals surface area contributed by atoms with Gasteiger partial charge in [-0.1, -0.05) is 36.4 Å². The van der Waals surface area contributed by atoms with Gasteiger partial charge in [-0.2, -0.15) is 5.10 Å². The Bertz CT molecular complexity index is 1460. The van der Waals surface area contributed by atoms with E-state index in [1.807, 2.05) is 36.4 Å². The minimum atomic E-state index is -0.488. The quantitative estimate of drug-likeness (QED) is 0.193. The van der Waals surface area contributed by atoms with E-state index in [1.165, 1.54) is 13.3 Å². The van der Waals surface area contributed by atoms with E-state index < -0.39 is 11.9 Å². The van der Waals surface area contributed by atoms with Crippen LogP contribution in [0.4, 0.5) is 0 Å². The average molecular weight is 468 g/mol. The van der Waals surface area contributed by atoms with Gasteiger partial charge < -0.3 is 18.9 Å². The minimum absolute atomic E-state index is 0.133. The molecule has 4 aromatic carbocycles. The maximum atomic E-state index is 12.9. The van der Waals surface area contributed by atoms with Crippen LogP contribution in [-0.2, 0) is 0 Å². The van der Waals surface area contributed by atoms with Crippen molar-refractivity contribution in [2.75, 3.05) is 13.9 Å². The highest BCUT2D eigenvalue weighted by Crippen LogP contribution is 2.32. The maximum Gasteiger partial charge on any atom is 0.344 e. The molecule has 0 radical (unpaired) electrons. The molecule has 35 heavy (non-hydrogen) atoms. The average Bonchev–Trinajstić information content (AvgIpc) is 3.37. The molecule has 0 aliphatic carbocycles. The second kappa shape index (κ2) is 9.56. The third kappa shape index (κ3) is 4.63. The predicted octanol–water partition coefficient (Wildman–Crippen LogP) is 4.56. The Morgan fingerprint density at radius 1 is 0.914 bits per heavy atom. The number of ether oxygens (including phenoxy) is 4. The third-order valence-electron chi connectivity index (χ3n) is 5.41. The Morgan fingerprint density at radius 2 is 1.74 bits per heavy atom. The topological polar surface area (TPSA) is 95.5 Å². The highest BCUT2D eigenvalue weighted by atomic mass is 16.7. The van der Waals surface area contributed by atoms with Crippen LogP contribution in [0.25, 0.3) is 10.8 Å². The first-order chi connectivity index (χ1) is 17.1. The zero-order valence-corrected chi connectivity index (χ0v) is 18.7. The number of nitrogens with one attached hydrogen (secondary N) is 1. The zero-order valence-electron chi connectivity index (χ0n) is 18.7. The molecule has 0 saturated heterocycles. The summed E-state index contributed by atoms with van der Waals surface area (Å²) in [5, 5.41) is 5.75. The second-order valence-corrected chi connectivity index (χ2v) is 7.59. The predicted molar refractivity (Wildman–Crippen MR) is 130 cm³/mol. The molecule has 1 aliphatic heterocycles. The minimum Gasteiger partial charge on any atom is -0.493 e. The van der Waals surface area contributed by atoms with Crippen molar-refractivity contribution in [2.45, 2.75) is 0 Å². The van der Waals surface area contributed by atoms with Gasteiger partial charge in [0.05, 0.1) is 18.9 Å². The molecule has 0 aromatic heterocycles. The Hall–Kier alpha value is -4.85. The van der Waals surface area contributed by atoms with Gasteiger partial charge in [-0.15, -0.1) is 0 Å². The molecule has 1 amide bonds. The summed E-state index contributed by atoms with van der Waals surface area (Å²) in [5.41, 5.74) is 3.96. The molecule has 0 unspecified atom stereocenters. The van der Waals surface area contributed by atoms with Crippen molar-refractivity contribution in [3.05, 3.63) is 95.6 Å². The summed E-state index contributed by atoms with van der Waals surface area (Å²) in [6.45, 7) is 0.133. The summed E-state index contributed by atoms with van der Waals surface area (Å²) in [5.74, 6) is 0.847. The highest BCUT2D eigenvalue weighted by Gasteiger charge is 2.17. The van der Waals surface area contributed by atoms with Crippen LogP contribution in [0.3, 0.4) is 0 Å². The maximum absolute atomic E-state index is 12.9. The SMILES string of the molecule is COc1cc(/C=N\NC(=O)c2ccc3c(c2)OCO3)ccc1OC(=O)c1cccc2ccccc12. The van der Waals surface area contributed by atoms with Gasteiger partial charge in [0.15, 0.2) is 23.0 Å². The molecule has 0 saturated carbocycles. The molecule has 0 fully saturated rings. The molecule has 1 heterocycles. The number of carbonyl (C=O) groups excluding carboxylic acids is 2. The van der Waals surface area contributed by atoms with Crippen molar-refractivity contribution in [2.24, 2.45) is 5.10 Å². The first-order valence-corrected chi connectivity index (χ1v) is 10.7. The summed E-state index contributed by atoms with van der Waals surface area (Å²) < 4.78 is 21.6. The fourth-order valence-electron chi connectivity index (χ4n) is 3.67. The van der Waals surface area contributed by atoms with Crippen molar-refractivity contribution >= 4 is 28.9 Å². The lowest BCUT2D eigenvalue weighted by atomic mass is 10.0. The van der Waals surface area contributed by atoms with Gasteiger partial charge in [-0.05, 0) is 58.8 Å². The van der Waals surface area contributed by atoms with Crippen molar-refractivity contribution in [1.29, 1.82) is 0 Å². The van der Waals surface area contributed by atoms with E-state index in [0.717, 1.165) is 10.8 Å². The molecule has 8 nitrogen and oxygen atoms in total. The number of carbonyl (C=O) groups is 2. The van der Waals surface area contributed by atoms with Crippen LogP contribution >= 0.6 is 0 Å². The van der Waals surface area contributed by atoms with Crippen LogP contribution in [-0.4, -0.2) is 32.0 Å². The number of hydrogen-bond donors (Lipinski definition) is 1. The van der Waals surface area contributed by atoms with Crippen LogP contribution in [0.15, 0.2) is 84.0 Å². The van der Waals surface area contributed by atoms with Crippen molar-refractivity contribution in [1.82, 2.24) is 5.43 Å². The van der Waals surface area contributed by atoms with Crippen LogP contribution in [0, 0.1) is 0 Å². The second-order valence-electron chi connectivity index (χ2n) is 7.59. The number of hydrazone groups is 1. The van der Waals surface area contributed by atoms with Gasteiger partial charge in [0.25, 0.3) is 5.91 Å².